The number of benzene rings is 1. The van der Waals surface area contributed by atoms with Gasteiger partial charge < -0.3 is 5.32 Å². The topological polar surface area (TPSA) is 40.7 Å². The van der Waals surface area contributed by atoms with Crippen molar-refractivity contribution in [1.82, 2.24) is 15.5 Å². The van der Waals surface area contributed by atoms with E-state index in [4.69, 9.17) is 0 Å². The summed E-state index contributed by atoms with van der Waals surface area (Å²) in [7, 11) is 2.00. The van der Waals surface area contributed by atoms with Crippen LogP contribution in [-0.2, 0) is 12.8 Å². The molecule has 1 unspecified atom stereocenters. The van der Waals surface area contributed by atoms with E-state index < -0.39 is 0 Å². The van der Waals surface area contributed by atoms with Crippen molar-refractivity contribution in [2.24, 2.45) is 0 Å². The molecular formula is C15H19N3. The third-order valence-corrected chi connectivity index (χ3v) is 3.85. The molecule has 3 rings (SSSR count). The summed E-state index contributed by atoms with van der Waals surface area (Å²) >= 11 is 0. The fourth-order valence-corrected chi connectivity index (χ4v) is 2.88. The summed E-state index contributed by atoms with van der Waals surface area (Å²) in [5, 5.41) is 10.3. The molecule has 1 atom stereocenters. The highest BCUT2D eigenvalue weighted by Crippen LogP contribution is 2.27. The van der Waals surface area contributed by atoms with Crippen LogP contribution < -0.4 is 5.32 Å². The van der Waals surface area contributed by atoms with Gasteiger partial charge in [-0.2, -0.15) is 5.10 Å². The predicted molar refractivity (Wildman–Crippen MR) is 72.6 cm³/mol. The van der Waals surface area contributed by atoms with E-state index >= 15 is 0 Å². The minimum Gasteiger partial charge on any atom is -0.309 e. The molecule has 0 spiro atoms. The monoisotopic (exact) mass is 241 g/mol. The van der Waals surface area contributed by atoms with Crippen molar-refractivity contribution in [3.05, 3.63) is 52.8 Å². The Morgan fingerprint density at radius 3 is 2.72 bits per heavy atom. The second-order valence-electron chi connectivity index (χ2n) is 4.99. The smallest absolute Gasteiger partial charge is 0.0605 e. The molecular weight excluding hydrogens is 222 g/mol. The number of nitrogens with zero attached hydrogens (tertiary/aromatic N) is 1. The van der Waals surface area contributed by atoms with Gasteiger partial charge in [0.1, 0.15) is 0 Å². The first-order valence-corrected chi connectivity index (χ1v) is 6.66. The predicted octanol–water partition coefficient (Wildman–Crippen LogP) is 2.60. The lowest BCUT2D eigenvalue weighted by atomic mass is 9.88. The van der Waals surface area contributed by atoms with E-state index in [0.29, 0.717) is 0 Å². The van der Waals surface area contributed by atoms with Gasteiger partial charge in [-0.25, -0.2) is 0 Å². The Kier molecular flexibility index (Phi) is 3.15. The lowest BCUT2D eigenvalue weighted by Gasteiger charge is -2.20. The van der Waals surface area contributed by atoms with Crippen LogP contribution in [-0.4, -0.2) is 17.2 Å². The van der Waals surface area contributed by atoms with E-state index in [2.05, 4.69) is 33.7 Å². The fraction of sp³-hybridized carbons (Fsp3) is 0.400. The molecule has 0 aliphatic heterocycles. The molecule has 2 aromatic rings. The fourth-order valence-electron chi connectivity index (χ4n) is 2.88. The molecule has 3 heteroatoms. The van der Waals surface area contributed by atoms with E-state index in [1.54, 1.807) is 0 Å². The standard InChI is InChI=1S/C15H19N3/c1-16-15(14-9-17-18-10-14)13-7-6-11-4-2-3-5-12(11)8-13/h6-10,15-16H,2-5H2,1H3,(H,17,18). The Bertz CT molecular complexity index is 517. The summed E-state index contributed by atoms with van der Waals surface area (Å²) in [6.45, 7) is 0. The number of aromatic nitrogens is 2. The van der Waals surface area contributed by atoms with Crippen LogP contribution in [0.5, 0.6) is 0 Å². The Morgan fingerprint density at radius 1 is 1.17 bits per heavy atom. The van der Waals surface area contributed by atoms with Crippen LogP contribution in [0, 0.1) is 0 Å². The summed E-state index contributed by atoms with van der Waals surface area (Å²) in [5.74, 6) is 0. The number of hydrogen-bond donors (Lipinski definition) is 2. The lowest BCUT2D eigenvalue weighted by molar-refractivity contribution is 0.668. The molecule has 0 fully saturated rings. The first-order valence-electron chi connectivity index (χ1n) is 6.66. The Labute approximate surface area is 108 Å². The second kappa shape index (κ2) is 4.94. The van der Waals surface area contributed by atoms with Crippen LogP contribution in [0.25, 0.3) is 0 Å². The third kappa shape index (κ3) is 2.06. The molecule has 0 bridgehead atoms. The van der Waals surface area contributed by atoms with Gasteiger partial charge in [-0.05, 0) is 49.4 Å². The molecule has 1 aromatic carbocycles. The molecule has 1 heterocycles. The SMILES string of the molecule is CNC(c1cn[nH]c1)c1ccc2c(c1)CCCC2. The number of fused-ring (bicyclic) bond motifs is 1. The molecule has 0 saturated carbocycles. The van der Waals surface area contributed by atoms with Gasteiger partial charge in [0.2, 0.25) is 0 Å². The van der Waals surface area contributed by atoms with Gasteiger partial charge in [-0.1, -0.05) is 18.2 Å². The highest BCUT2D eigenvalue weighted by Gasteiger charge is 2.16. The molecule has 1 aromatic heterocycles. The number of aromatic amines is 1. The van der Waals surface area contributed by atoms with Crippen molar-refractivity contribution in [3.63, 3.8) is 0 Å². The summed E-state index contributed by atoms with van der Waals surface area (Å²) in [6, 6.07) is 7.14. The Morgan fingerprint density at radius 2 is 2.00 bits per heavy atom. The maximum absolute atomic E-state index is 4.04. The highest BCUT2D eigenvalue weighted by atomic mass is 15.1. The molecule has 18 heavy (non-hydrogen) atoms. The minimum absolute atomic E-state index is 0.232. The van der Waals surface area contributed by atoms with Gasteiger partial charge in [0, 0.05) is 11.8 Å². The van der Waals surface area contributed by atoms with Gasteiger partial charge >= 0.3 is 0 Å². The van der Waals surface area contributed by atoms with Gasteiger partial charge in [-0.15, -0.1) is 0 Å². The van der Waals surface area contributed by atoms with Gasteiger partial charge in [0.15, 0.2) is 0 Å². The first kappa shape index (κ1) is 11.5. The van der Waals surface area contributed by atoms with Gasteiger partial charge in [-0.3, -0.25) is 5.10 Å². The van der Waals surface area contributed by atoms with E-state index in [9.17, 15) is 0 Å². The van der Waals surface area contributed by atoms with Crippen molar-refractivity contribution in [2.75, 3.05) is 7.05 Å². The van der Waals surface area contributed by atoms with Crippen molar-refractivity contribution in [3.8, 4) is 0 Å². The molecule has 0 amide bonds. The molecule has 3 nitrogen and oxygen atoms in total. The normalized spacial score (nSPS) is 16.3. The zero-order valence-corrected chi connectivity index (χ0v) is 10.7. The first-order chi connectivity index (χ1) is 8.88. The largest absolute Gasteiger partial charge is 0.309 e. The summed E-state index contributed by atoms with van der Waals surface area (Å²) in [4.78, 5) is 0. The van der Waals surface area contributed by atoms with Crippen molar-refractivity contribution in [1.29, 1.82) is 0 Å². The average Bonchev–Trinajstić information content (AvgIpc) is 2.93. The van der Waals surface area contributed by atoms with E-state index in [-0.39, 0.29) is 6.04 Å². The number of nitrogens with one attached hydrogen (secondary N) is 2. The zero-order chi connectivity index (χ0) is 12.4. The van der Waals surface area contributed by atoms with Crippen LogP contribution in [0.15, 0.2) is 30.6 Å². The average molecular weight is 241 g/mol. The van der Waals surface area contributed by atoms with Gasteiger partial charge in [0.05, 0.1) is 12.2 Å². The van der Waals surface area contributed by atoms with Gasteiger partial charge in [0.25, 0.3) is 0 Å². The summed E-state index contributed by atoms with van der Waals surface area (Å²) < 4.78 is 0. The van der Waals surface area contributed by atoms with Crippen LogP contribution in [0.4, 0.5) is 0 Å². The van der Waals surface area contributed by atoms with Crippen LogP contribution in [0.1, 0.15) is 41.1 Å². The molecule has 94 valence electrons. The lowest BCUT2D eigenvalue weighted by Crippen LogP contribution is -2.18. The van der Waals surface area contributed by atoms with E-state index in [1.807, 2.05) is 19.4 Å². The van der Waals surface area contributed by atoms with Crippen LogP contribution >= 0.6 is 0 Å². The maximum Gasteiger partial charge on any atom is 0.0605 e. The minimum atomic E-state index is 0.232. The van der Waals surface area contributed by atoms with E-state index in [0.717, 1.165) is 0 Å². The summed E-state index contributed by atoms with van der Waals surface area (Å²) in [5.41, 5.74) is 5.59. The highest BCUT2D eigenvalue weighted by molar-refractivity contribution is 5.38. The molecule has 0 radical (unpaired) electrons. The zero-order valence-electron chi connectivity index (χ0n) is 10.7. The number of hydrogen-bond acceptors (Lipinski definition) is 2. The van der Waals surface area contributed by atoms with E-state index in [1.165, 1.54) is 47.9 Å². The number of rotatable bonds is 3. The van der Waals surface area contributed by atoms with Crippen molar-refractivity contribution in [2.45, 2.75) is 31.7 Å². The quantitative estimate of drug-likeness (QED) is 0.867. The summed E-state index contributed by atoms with van der Waals surface area (Å²) in [6.07, 6.45) is 8.98. The molecule has 0 saturated heterocycles. The molecule has 1 aliphatic rings. The Balaban J connectivity index is 1.95. The molecule has 1 aliphatic carbocycles. The Hall–Kier alpha value is -1.61. The van der Waals surface area contributed by atoms with Crippen LogP contribution in [0.2, 0.25) is 0 Å². The number of H-pyrrole nitrogens is 1. The second-order valence-corrected chi connectivity index (χ2v) is 4.99. The molecule has 2 N–H and O–H groups in total. The maximum atomic E-state index is 4.04. The third-order valence-electron chi connectivity index (χ3n) is 3.85. The van der Waals surface area contributed by atoms with Crippen LogP contribution in [0.3, 0.4) is 0 Å². The van der Waals surface area contributed by atoms with Crippen molar-refractivity contribution < 1.29 is 0 Å². The number of aryl methyl sites for hydroxylation is 2. The van der Waals surface area contributed by atoms with Crippen molar-refractivity contribution >= 4 is 0 Å².